The molecule has 2 aliphatic rings. The van der Waals surface area contributed by atoms with Gasteiger partial charge in [-0.15, -0.1) is 0 Å². The molecule has 3 rings (SSSR count). The number of carbonyl (C=O) groups is 4. The number of esters is 1. The average molecular weight is 359 g/mol. The molecule has 1 aliphatic heterocycles. The Morgan fingerprint density at radius 1 is 1.23 bits per heavy atom. The summed E-state index contributed by atoms with van der Waals surface area (Å²) in [5.74, 6) is -1.19. The van der Waals surface area contributed by atoms with E-state index in [-0.39, 0.29) is 43.8 Å². The van der Waals surface area contributed by atoms with Gasteiger partial charge >= 0.3 is 12.0 Å². The van der Waals surface area contributed by atoms with E-state index in [0.717, 1.165) is 17.7 Å². The number of rotatable bonds is 8. The number of nitrogens with one attached hydrogen (secondary N) is 2. The summed E-state index contributed by atoms with van der Waals surface area (Å²) in [7, 11) is 0. The molecular weight excluding hydrogens is 338 g/mol. The maximum atomic E-state index is 12.4. The van der Waals surface area contributed by atoms with Crippen LogP contribution in [0.4, 0.5) is 4.79 Å². The van der Waals surface area contributed by atoms with Crippen LogP contribution in [0.15, 0.2) is 30.3 Å². The number of imide groups is 1. The first-order chi connectivity index (χ1) is 12.5. The van der Waals surface area contributed by atoms with Crippen molar-refractivity contribution in [1.29, 1.82) is 0 Å². The smallest absolute Gasteiger partial charge is 0.324 e. The molecule has 1 saturated carbocycles. The van der Waals surface area contributed by atoms with Crippen molar-refractivity contribution < 1.29 is 23.9 Å². The third-order valence-electron chi connectivity index (χ3n) is 4.21. The highest BCUT2D eigenvalue weighted by Gasteiger charge is 2.31. The van der Waals surface area contributed by atoms with Crippen molar-refractivity contribution in [3.63, 3.8) is 0 Å². The lowest BCUT2D eigenvalue weighted by Crippen LogP contribution is -2.34. The molecule has 2 fully saturated rings. The Labute approximate surface area is 150 Å². The van der Waals surface area contributed by atoms with Crippen molar-refractivity contribution >= 4 is 23.8 Å². The molecule has 1 heterocycles. The van der Waals surface area contributed by atoms with Gasteiger partial charge in [0.1, 0.15) is 0 Å². The Kier molecular flexibility index (Phi) is 5.50. The summed E-state index contributed by atoms with van der Waals surface area (Å²) in [6.07, 6.45) is 1.17. The van der Waals surface area contributed by atoms with Crippen LogP contribution in [0.2, 0.25) is 0 Å². The van der Waals surface area contributed by atoms with Crippen LogP contribution in [0.1, 0.15) is 37.4 Å². The highest BCUT2D eigenvalue weighted by molar-refractivity contribution is 6.01. The third-order valence-corrected chi connectivity index (χ3v) is 4.21. The van der Waals surface area contributed by atoms with Crippen LogP contribution in [0.25, 0.3) is 0 Å². The molecule has 0 bridgehead atoms. The summed E-state index contributed by atoms with van der Waals surface area (Å²) in [5, 5.41) is 5.27. The number of amides is 4. The average Bonchev–Trinajstić information content (AvgIpc) is 3.39. The molecule has 0 aromatic heterocycles. The number of hydrogen-bond acceptors (Lipinski definition) is 5. The Morgan fingerprint density at radius 3 is 2.58 bits per heavy atom. The van der Waals surface area contributed by atoms with Gasteiger partial charge in [-0.25, -0.2) is 4.79 Å². The van der Waals surface area contributed by atoms with Gasteiger partial charge in [0.15, 0.2) is 0 Å². The Morgan fingerprint density at radius 2 is 1.96 bits per heavy atom. The fraction of sp³-hybridized carbons (Fsp3) is 0.444. The standard InChI is InChI=1S/C18H21N3O5/c22-14-11-19-18(25)21(14)10-4-7-15(23)26-16(12-5-2-1-3-6-12)17(24)20-13-8-9-13/h1-3,5-6,13,16H,4,7-11H2,(H,19,25)(H,20,24)/t16-/m0/s1. The van der Waals surface area contributed by atoms with Crippen LogP contribution >= 0.6 is 0 Å². The second-order valence-corrected chi connectivity index (χ2v) is 6.37. The molecule has 138 valence electrons. The van der Waals surface area contributed by atoms with Gasteiger partial charge in [0.2, 0.25) is 12.0 Å². The minimum Gasteiger partial charge on any atom is -0.447 e. The first kappa shape index (κ1) is 17.9. The van der Waals surface area contributed by atoms with E-state index in [4.69, 9.17) is 4.74 Å². The Bertz CT molecular complexity index is 686. The summed E-state index contributed by atoms with van der Waals surface area (Å²) < 4.78 is 5.39. The fourth-order valence-electron chi connectivity index (χ4n) is 2.66. The van der Waals surface area contributed by atoms with Crippen LogP contribution in [-0.2, 0) is 19.1 Å². The van der Waals surface area contributed by atoms with E-state index in [1.165, 1.54) is 0 Å². The Hall–Kier alpha value is -2.90. The van der Waals surface area contributed by atoms with Crippen molar-refractivity contribution in [2.24, 2.45) is 0 Å². The van der Waals surface area contributed by atoms with Gasteiger partial charge in [0.05, 0.1) is 6.54 Å². The van der Waals surface area contributed by atoms with E-state index in [1.54, 1.807) is 24.3 Å². The van der Waals surface area contributed by atoms with Gasteiger partial charge in [-0.3, -0.25) is 19.3 Å². The first-order valence-electron chi connectivity index (χ1n) is 8.67. The number of urea groups is 1. The monoisotopic (exact) mass is 359 g/mol. The molecule has 0 unspecified atom stereocenters. The summed E-state index contributed by atoms with van der Waals surface area (Å²) in [6.45, 7) is 0.130. The molecule has 26 heavy (non-hydrogen) atoms. The predicted octanol–water partition coefficient (Wildman–Crippen LogP) is 0.882. The fourth-order valence-corrected chi connectivity index (χ4v) is 2.66. The lowest BCUT2D eigenvalue weighted by atomic mass is 10.1. The summed E-state index contributed by atoms with van der Waals surface area (Å²) in [6, 6.07) is 8.55. The number of ether oxygens (including phenoxy) is 1. The number of nitrogens with zero attached hydrogens (tertiary/aromatic N) is 1. The Balaban J connectivity index is 1.54. The molecule has 8 heteroatoms. The zero-order chi connectivity index (χ0) is 18.5. The first-order valence-corrected chi connectivity index (χ1v) is 8.67. The normalized spacial score (nSPS) is 17.6. The molecular formula is C18H21N3O5. The van der Waals surface area contributed by atoms with Crippen molar-refractivity contribution in [2.75, 3.05) is 13.1 Å². The summed E-state index contributed by atoms with van der Waals surface area (Å²) in [4.78, 5) is 48.6. The van der Waals surface area contributed by atoms with Crippen LogP contribution in [0.5, 0.6) is 0 Å². The quantitative estimate of drug-likeness (QED) is 0.530. The molecule has 1 aliphatic carbocycles. The molecule has 4 amide bonds. The molecule has 1 saturated heterocycles. The number of benzene rings is 1. The summed E-state index contributed by atoms with van der Waals surface area (Å²) >= 11 is 0. The van der Waals surface area contributed by atoms with E-state index < -0.39 is 18.1 Å². The maximum absolute atomic E-state index is 12.4. The lowest BCUT2D eigenvalue weighted by Gasteiger charge is -2.18. The SMILES string of the molecule is O=C(CCCN1C(=O)CNC1=O)O[C@H](C(=O)NC1CC1)c1ccccc1. The van der Waals surface area contributed by atoms with Crippen molar-refractivity contribution in [3.05, 3.63) is 35.9 Å². The minimum atomic E-state index is -0.999. The molecule has 1 aromatic rings. The molecule has 1 aromatic carbocycles. The second-order valence-electron chi connectivity index (χ2n) is 6.37. The summed E-state index contributed by atoms with van der Waals surface area (Å²) in [5.41, 5.74) is 0.605. The zero-order valence-electron chi connectivity index (χ0n) is 14.3. The predicted molar refractivity (Wildman–Crippen MR) is 90.8 cm³/mol. The largest absolute Gasteiger partial charge is 0.447 e. The highest BCUT2D eigenvalue weighted by Crippen LogP contribution is 2.23. The maximum Gasteiger partial charge on any atom is 0.324 e. The second kappa shape index (κ2) is 7.99. The zero-order valence-corrected chi connectivity index (χ0v) is 14.3. The van der Waals surface area contributed by atoms with Crippen LogP contribution in [0.3, 0.4) is 0 Å². The highest BCUT2D eigenvalue weighted by atomic mass is 16.5. The van der Waals surface area contributed by atoms with Crippen LogP contribution in [0, 0.1) is 0 Å². The van der Waals surface area contributed by atoms with Gasteiger partial charge in [-0.05, 0) is 19.3 Å². The van der Waals surface area contributed by atoms with Gasteiger partial charge in [-0.1, -0.05) is 30.3 Å². The molecule has 0 radical (unpaired) electrons. The van der Waals surface area contributed by atoms with Crippen molar-refractivity contribution in [2.45, 2.75) is 37.8 Å². The number of carbonyl (C=O) groups excluding carboxylic acids is 4. The van der Waals surface area contributed by atoms with Gasteiger partial charge in [-0.2, -0.15) is 0 Å². The van der Waals surface area contributed by atoms with Crippen LogP contribution < -0.4 is 10.6 Å². The molecule has 1 atom stereocenters. The lowest BCUT2D eigenvalue weighted by molar-refractivity contribution is -0.156. The molecule has 8 nitrogen and oxygen atoms in total. The number of hydrogen-bond donors (Lipinski definition) is 2. The van der Waals surface area contributed by atoms with E-state index in [0.29, 0.717) is 5.56 Å². The third kappa shape index (κ3) is 4.59. The van der Waals surface area contributed by atoms with Crippen LogP contribution in [-0.4, -0.2) is 47.8 Å². The van der Waals surface area contributed by atoms with E-state index >= 15 is 0 Å². The van der Waals surface area contributed by atoms with Crippen molar-refractivity contribution in [3.8, 4) is 0 Å². The minimum absolute atomic E-state index is 0.0110. The van der Waals surface area contributed by atoms with Gasteiger partial charge in [0, 0.05) is 24.6 Å². The molecule has 2 N–H and O–H groups in total. The van der Waals surface area contributed by atoms with E-state index in [2.05, 4.69) is 10.6 Å². The van der Waals surface area contributed by atoms with Gasteiger partial charge < -0.3 is 15.4 Å². The van der Waals surface area contributed by atoms with Gasteiger partial charge in [0.25, 0.3) is 5.91 Å². The van der Waals surface area contributed by atoms with E-state index in [1.807, 2.05) is 6.07 Å². The molecule has 0 spiro atoms. The van der Waals surface area contributed by atoms with E-state index in [9.17, 15) is 19.2 Å². The van der Waals surface area contributed by atoms with Crippen molar-refractivity contribution in [1.82, 2.24) is 15.5 Å². The topological polar surface area (TPSA) is 105 Å².